The second kappa shape index (κ2) is 4.84. The fraction of sp³-hybridized carbons (Fsp3) is 0.0833. The van der Waals surface area contributed by atoms with Gasteiger partial charge in [-0.3, -0.25) is 0 Å². The maximum absolute atomic E-state index is 5.08. The first kappa shape index (κ1) is 10.7. The van der Waals surface area contributed by atoms with E-state index >= 15 is 0 Å². The minimum atomic E-state index is 0.985. The van der Waals surface area contributed by atoms with Crippen molar-refractivity contribution >= 4 is 47.0 Å². The van der Waals surface area contributed by atoms with Crippen LogP contribution in [0.25, 0.3) is 12.2 Å². The van der Waals surface area contributed by atoms with Crippen molar-refractivity contribution in [1.29, 1.82) is 0 Å². The Morgan fingerprint density at radius 1 is 1.13 bits per heavy atom. The highest BCUT2D eigenvalue weighted by Crippen LogP contribution is 2.19. The number of hydrogen-bond donors (Lipinski definition) is 0. The number of aryl methyl sites for hydroxylation is 1. The van der Waals surface area contributed by atoms with E-state index in [0.717, 1.165) is 3.14 Å². The van der Waals surface area contributed by atoms with Crippen molar-refractivity contribution in [3.05, 3.63) is 48.8 Å². The van der Waals surface area contributed by atoms with Crippen molar-refractivity contribution in [1.82, 2.24) is 0 Å². The second-order valence-electron chi connectivity index (χ2n) is 3.23. The summed E-state index contributed by atoms with van der Waals surface area (Å²) in [6, 6.07) is 8.49. The summed E-state index contributed by atoms with van der Waals surface area (Å²) in [5.41, 5.74) is 2.52. The summed E-state index contributed by atoms with van der Waals surface area (Å²) in [4.78, 5) is 1.23. The average Bonchev–Trinajstić information content (AvgIpc) is 2.64. The molecular formula is C12H10S3. The summed E-state index contributed by atoms with van der Waals surface area (Å²) in [6.07, 6.45) is 4.23. The van der Waals surface area contributed by atoms with Crippen LogP contribution in [0.3, 0.4) is 0 Å². The molecule has 0 spiro atoms. The average molecular weight is 250 g/mol. The lowest BCUT2D eigenvalue weighted by Crippen LogP contribution is -1.72. The van der Waals surface area contributed by atoms with Crippen molar-refractivity contribution in [3.63, 3.8) is 0 Å². The van der Waals surface area contributed by atoms with Crippen LogP contribution in [0.15, 0.2) is 29.6 Å². The van der Waals surface area contributed by atoms with Gasteiger partial charge in [-0.1, -0.05) is 48.1 Å². The molecule has 1 aromatic heterocycles. The highest BCUT2D eigenvalue weighted by molar-refractivity contribution is 7.76. The van der Waals surface area contributed by atoms with Gasteiger partial charge in [0.25, 0.3) is 0 Å². The van der Waals surface area contributed by atoms with E-state index in [1.54, 1.807) is 22.7 Å². The highest BCUT2D eigenvalue weighted by Gasteiger charge is 1.90. The zero-order chi connectivity index (χ0) is 10.7. The topological polar surface area (TPSA) is 0 Å². The Kier molecular flexibility index (Phi) is 3.46. The minimum Gasteiger partial charge on any atom is -0.121 e. The van der Waals surface area contributed by atoms with E-state index < -0.39 is 0 Å². The normalized spacial score (nSPS) is 11.0. The molecule has 0 nitrogen and oxygen atoms in total. The first-order valence-electron chi connectivity index (χ1n) is 4.57. The first-order chi connectivity index (χ1) is 7.24. The van der Waals surface area contributed by atoms with Crippen molar-refractivity contribution in [2.75, 3.05) is 0 Å². The number of rotatable bonds is 2. The lowest BCUT2D eigenvalue weighted by atomic mass is 10.1. The molecule has 15 heavy (non-hydrogen) atoms. The van der Waals surface area contributed by atoms with Crippen molar-refractivity contribution in [2.45, 2.75) is 6.92 Å². The van der Waals surface area contributed by atoms with Crippen LogP contribution in [-0.2, 0) is 0 Å². The molecule has 0 fully saturated rings. The molecule has 0 atom stereocenters. The third-order valence-corrected chi connectivity index (χ3v) is 4.44. The van der Waals surface area contributed by atoms with Gasteiger partial charge in [0, 0.05) is 10.3 Å². The third-order valence-electron chi connectivity index (χ3n) is 1.99. The minimum absolute atomic E-state index is 0.985. The van der Waals surface area contributed by atoms with E-state index in [4.69, 9.17) is 12.2 Å². The smallest absolute Gasteiger partial charge is 0.121 e. The molecule has 2 rings (SSSR count). The summed E-state index contributed by atoms with van der Waals surface area (Å²) >= 11 is 8.36. The summed E-state index contributed by atoms with van der Waals surface area (Å²) in [6.45, 7) is 2.10. The molecule has 0 saturated carbocycles. The van der Waals surface area contributed by atoms with Gasteiger partial charge in [0.2, 0.25) is 0 Å². The van der Waals surface area contributed by atoms with Crippen LogP contribution in [-0.4, -0.2) is 0 Å². The first-order valence-corrected chi connectivity index (χ1v) is 6.68. The van der Waals surface area contributed by atoms with E-state index in [1.165, 1.54) is 16.0 Å². The summed E-state index contributed by atoms with van der Waals surface area (Å²) in [5.74, 6) is 0. The van der Waals surface area contributed by atoms with Crippen LogP contribution >= 0.6 is 34.9 Å². The van der Waals surface area contributed by atoms with Gasteiger partial charge in [-0.25, -0.2) is 0 Å². The molecule has 0 aliphatic carbocycles. The Balaban J connectivity index is 2.18. The maximum atomic E-state index is 5.08. The van der Waals surface area contributed by atoms with Gasteiger partial charge >= 0.3 is 0 Å². The van der Waals surface area contributed by atoms with Gasteiger partial charge in [0.1, 0.15) is 3.14 Å². The van der Waals surface area contributed by atoms with Crippen LogP contribution < -0.4 is 0 Å². The van der Waals surface area contributed by atoms with Crippen molar-refractivity contribution < 1.29 is 0 Å². The Labute approximate surface area is 103 Å². The van der Waals surface area contributed by atoms with Gasteiger partial charge in [-0.15, -0.1) is 22.7 Å². The predicted molar refractivity (Wildman–Crippen MR) is 73.1 cm³/mol. The molecule has 0 amide bonds. The van der Waals surface area contributed by atoms with E-state index in [2.05, 4.69) is 48.7 Å². The van der Waals surface area contributed by atoms with Crippen molar-refractivity contribution in [3.8, 4) is 0 Å². The van der Waals surface area contributed by atoms with E-state index in [-0.39, 0.29) is 0 Å². The number of benzene rings is 1. The number of hydrogen-bond acceptors (Lipinski definition) is 3. The van der Waals surface area contributed by atoms with Gasteiger partial charge in [0.05, 0.1) is 0 Å². The maximum Gasteiger partial charge on any atom is 0.144 e. The summed E-state index contributed by atoms with van der Waals surface area (Å²) < 4.78 is 0.985. The van der Waals surface area contributed by atoms with Crippen LogP contribution in [0.4, 0.5) is 0 Å². The molecule has 3 heteroatoms. The van der Waals surface area contributed by atoms with Crippen molar-refractivity contribution in [2.24, 2.45) is 0 Å². The molecule has 0 aliphatic rings. The fourth-order valence-electron chi connectivity index (χ4n) is 1.18. The quantitative estimate of drug-likeness (QED) is 0.675. The van der Waals surface area contributed by atoms with Crippen LogP contribution in [0.1, 0.15) is 16.0 Å². The third kappa shape index (κ3) is 3.09. The predicted octanol–water partition coefficient (Wildman–Crippen LogP) is 5.02. The Morgan fingerprint density at radius 3 is 2.47 bits per heavy atom. The van der Waals surface area contributed by atoms with Gasteiger partial charge in [-0.05, 0) is 18.6 Å². The summed E-state index contributed by atoms with van der Waals surface area (Å²) in [5, 5.41) is 2.09. The van der Waals surface area contributed by atoms with Gasteiger partial charge in [0.15, 0.2) is 0 Å². The summed E-state index contributed by atoms with van der Waals surface area (Å²) in [7, 11) is 0. The molecule has 1 heterocycles. The molecule has 76 valence electrons. The van der Waals surface area contributed by atoms with Crippen LogP contribution in [0.5, 0.6) is 0 Å². The standard InChI is InChI=1S/C12H10S3/c1-9-2-4-10(5-3-9)6-7-11-8-14-12(13)15-11/h2-8H,1H3/b7-6+. The van der Waals surface area contributed by atoms with E-state index in [9.17, 15) is 0 Å². The Bertz CT molecular complexity index is 514. The molecule has 1 aromatic carbocycles. The lowest BCUT2D eigenvalue weighted by Gasteiger charge is -1.93. The van der Waals surface area contributed by atoms with Gasteiger partial charge < -0.3 is 0 Å². The zero-order valence-corrected chi connectivity index (χ0v) is 10.7. The lowest BCUT2D eigenvalue weighted by molar-refractivity contribution is 1.46. The van der Waals surface area contributed by atoms with Gasteiger partial charge in [-0.2, -0.15) is 0 Å². The monoisotopic (exact) mass is 250 g/mol. The molecule has 0 radical (unpaired) electrons. The van der Waals surface area contributed by atoms with Crippen LogP contribution in [0.2, 0.25) is 0 Å². The van der Waals surface area contributed by atoms with Crippen LogP contribution in [0, 0.1) is 10.1 Å². The molecule has 0 saturated heterocycles. The largest absolute Gasteiger partial charge is 0.144 e. The highest BCUT2D eigenvalue weighted by atomic mass is 32.2. The van der Waals surface area contributed by atoms with E-state index in [1.807, 2.05) is 0 Å². The Morgan fingerprint density at radius 2 is 1.87 bits per heavy atom. The molecule has 0 unspecified atom stereocenters. The Hall–Kier alpha value is -0.770. The molecule has 2 aromatic rings. The van der Waals surface area contributed by atoms with E-state index in [0.29, 0.717) is 0 Å². The SMILES string of the molecule is Cc1ccc(/C=C/c2csc(=S)s2)cc1. The second-order valence-corrected chi connectivity index (χ2v) is 6.38. The molecule has 0 bridgehead atoms. The molecular weight excluding hydrogens is 240 g/mol. The zero-order valence-electron chi connectivity index (χ0n) is 8.27. The molecule has 0 aliphatic heterocycles. The fourth-order valence-corrected chi connectivity index (χ4v) is 3.19. The molecule has 0 N–H and O–H groups in total.